The van der Waals surface area contributed by atoms with Gasteiger partial charge in [-0.3, -0.25) is 14.9 Å². The number of benzene rings is 1. The first-order valence-corrected chi connectivity index (χ1v) is 6.54. The largest absolute Gasteiger partial charge is 0.444 e. The number of aryl methyl sites for hydroxylation is 1. The van der Waals surface area contributed by atoms with Gasteiger partial charge in [0.2, 0.25) is 5.89 Å². The zero-order valence-electron chi connectivity index (χ0n) is 11.1. The summed E-state index contributed by atoms with van der Waals surface area (Å²) in [5.41, 5.74) is -0.409. The Morgan fingerprint density at radius 3 is 2.90 bits per heavy atom. The van der Waals surface area contributed by atoms with E-state index in [1.807, 2.05) is 6.92 Å². The van der Waals surface area contributed by atoms with Crippen molar-refractivity contribution in [2.45, 2.75) is 19.9 Å². The molecule has 7 nitrogen and oxygen atoms in total. The number of oxazole rings is 1. The summed E-state index contributed by atoms with van der Waals surface area (Å²) in [6, 6.07) is 3.80. The molecule has 110 valence electrons. The first kappa shape index (κ1) is 15.0. The van der Waals surface area contributed by atoms with Crippen LogP contribution in [0.1, 0.15) is 28.9 Å². The molecule has 0 bridgehead atoms. The molecule has 0 fully saturated rings. The Labute approximate surface area is 125 Å². The Kier molecular flexibility index (Phi) is 4.54. The van der Waals surface area contributed by atoms with E-state index in [1.165, 1.54) is 18.2 Å². The van der Waals surface area contributed by atoms with Gasteiger partial charge in [-0.25, -0.2) is 4.98 Å². The van der Waals surface area contributed by atoms with Crippen molar-refractivity contribution >= 4 is 23.2 Å². The maximum atomic E-state index is 12.0. The first-order chi connectivity index (χ1) is 10.0. The highest BCUT2D eigenvalue weighted by Crippen LogP contribution is 2.22. The molecule has 1 aromatic carbocycles. The molecule has 1 heterocycles. The predicted octanol–water partition coefficient (Wildman–Crippen LogP) is 2.73. The van der Waals surface area contributed by atoms with Crippen molar-refractivity contribution in [3.8, 4) is 0 Å². The Balaban J connectivity index is 2.13. The van der Waals surface area contributed by atoms with Crippen LogP contribution in [0, 0.1) is 10.1 Å². The Bertz CT molecular complexity index is 684. The van der Waals surface area contributed by atoms with E-state index < -0.39 is 10.8 Å². The third-order valence-electron chi connectivity index (χ3n) is 2.75. The molecule has 0 radical (unpaired) electrons. The Morgan fingerprint density at radius 1 is 1.52 bits per heavy atom. The van der Waals surface area contributed by atoms with Crippen LogP contribution in [0.2, 0.25) is 5.02 Å². The lowest BCUT2D eigenvalue weighted by molar-refractivity contribution is -0.385. The van der Waals surface area contributed by atoms with Crippen molar-refractivity contribution in [1.82, 2.24) is 10.3 Å². The number of amides is 1. The molecule has 0 spiro atoms. The summed E-state index contributed by atoms with van der Waals surface area (Å²) < 4.78 is 5.33. The van der Waals surface area contributed by atoms with Crippen LogP contribution in [0.3, 0.4) is 0 Å². The number of hydrogen-bond donors (Lipinski definition) is 1. The summed E-state index contributed by atoms with van der Waals surface area (Å²) in [7, 11) is 0. The molecular weight excluding hydrogens is 298 g/mol. The summed E-state index contributed by atoms with van der Waals surface area (Å²) in [5, 5.41) is 13.7. The van der Waals surface area contributed by atoms with Crippen molar-refractivity contribution in [3.63, 3.8) is 0 Å². The molecule has 2 rings (SSSR count). The normalized spacial score (nSPS) is 10.4. The Morgan fingerprint density at radius 2 is 2.29 bits per heavy atom. The Hall–Kier alpha value is -2.41. The highest BCUT2D eigenvalue weighted by atomic mass is 35.5. The highest BCUT2D eigenvalue weighted by molar-refractivity contribution is 6.31. The molecule has 0 aliphatic carbocycles. The quantitative estimate of drug-likeness (QED) is 0.676. The van der Waals surface area contributed by atoms with Crippen LogP contribution in [0.4, 0.5) is 5.69 Å². The monoisotopic (exact) mass is 309 g/mol. The molecule has 8 heteroatoms. The van der Waals surface area contributed by atoms with E-state index in [1.54, 1.807) is 6.20 Å². The summed E-state index contributed by atoms with van der Waals surface area (Å²) in [5.74, 6) is 0.429. The lowest BCUT2D eigenvalue weighted by Crippen LogP contribution is -2.23. The minimum absolute atomic E-state index is 0.0441. The summed E-state index contributed by atoms with van der Waals surface area (Å²) >= 11 is 5.77. The van der Waals surface area contributed by atoms with Gasteiger partial charge >= 0.3 is 0 Å². The molecule has 0 saturated heterocycles. The second-order valence-corrected chi connectivity index (χ2v) is 4.61. The highest BCUT2D eigenvalue weighted by Gasteiger charge is 2.20. The number of nitro benzene ring substituents is 1. The first-order valence-electron chi connectivity index (χ1n) is 6.17. The minimum atomic E-state index is -0.633. The van der Waals surface area contributed by atoms with Gasteiger partial charge in [-0.05, 0) is 12.1 Å². The lowest BCUT2D eigenvalue weighted by Gasteiger charge is -2.04. The fraction of sp³-hybridized carbons (Fsp3) is 0.231. The maximum Gasteiger partial charge on any atom is 0.282 e. The van der Waals surface area contributed by atoms with Crippen LogP contribution in [-0.2, 0) is 13.0 Å². The second-order valence-electron chi connectivity index (χ2n) is 4.18. The molecule has 1 N–H and O–H groups in total. The number of halogens is 1. The van der Waals surface area contributed by atoms with Crippen molar-refractivity contribution < 1.29 is 14.1 Å². The molecule has 0 atom stereocenters. The van der Waals surface area contributed by atoms with E-state index in [2.05, 4.69) is 10.3 Å². The van der Waals surface area contributed by atoms with Gasteiger partial charge in [0.25, 0.3) is 11.6 Å². The number of nitrogens with one attached hydrogen (secondary N) is 1. The van der Waals surface area contributed by atoms with Crippen LogP contribution in [0.25, 0.3) is 0 Å². The average molecular weight is 310 g/mol. The number of aromatic nitrogens is 1. The number of nitrogens with zero attached hydrogens (tertiary/aromatic N) is 2. The zero-order valence-corrected chi connectivity index (χ0v) is 11.9. The van der Waals surface area contributed by atoms with Crippen LogP contribution in [0.5, 0.6) is 0 Å². The molecule has 0 aliphatic heterocycles. The average Bonchev–Trinajstić information content (AvgIpc) is 2.92. The van der Waals surface area contributed by atoms with Crippen LogP contribution >= 0.6 is 11.6 Å². The van der Waals surface area contributed by atoms with Gasteiger partial charge in [-0.2, -0.15) is 0 Å². The maximum absolute atomic E-state index is 12.0. The second kappa shape index (κ2) is 6.36. The molecule has 2 aromatic rings. The standard InChI is InChI=1S/C13H12ClN3O4/c1-2-9-6-15-12(21-9)7-16-13(18)10-5-8(14)3-4-11(10)17(19)20/h3-6H,2,7H2,1H3,(H,16,18). The van der Waals surface area contributed by atoms with Crippen LogP contribution < -0.4 is 5.32 Å². The van der Waals surface area contributed by atoms with E-state index >= 15 is 0 Å². The molecule has 21 heavy (non-hydrogen) atoms. The SMILES string of the molecule is CCc1cnc(CNC(=O)c2cc(Cl)ccc2[N+](=O)[O-])o1. The van der Waals surface area contributed by atoms with E-state index in [4.69, 9.17) is 16.0 Å². The van der Waals surface area contributed by atoms with Crippen molar-refractivity contribution in [2.24, 2.45) is 0 Å². The van der Waals surface area contributed by atoms with Gasteiger partial charge in [0.05, 0.1) is 17.7 Å². The molecule has 1 aromatic heterocycles. The van der Waals surface area contributed by atoms with Crippen molar-refractivity contribution in [1.29, 1.82) is 0 Å². The molecule has 0 aliphatic rings. The number of nitro groups is 1. The van der Waals surface area contributed by atoms with Gasteiger partial charge < -0.3 is 9.73 Å². The predicted molar refractivity (Wildman–Crippen MR) is 75.2 cm³/mol. The topological polar surface area (TPSA) is 98.3 Å². The number of carbonyl (C=O) groups excluding carboxylic acids is 1. The molecule has 0 saturated carbocycles. The fourth-order valence-electron chi connectivity index (χ4n) is 1.69. The molecule has 0 unspecified atom stereocenters. The molecular formula is C13H12ClN3O4. The molecule has 1 amide bonds. The number of hydrogen-bond acceptors (Lipinski definition) is 5. The van der Waals surface area contributed by atoms with E-state index in [-0.39, 0.29) is 22.8 Å². The van der Waals surface area contributed by atoms with Gasteiger partial charge in [-0.1, -0.05) is 18.5 Å². The summed E-state index contributed by atoms with van der Waals surface area (Å²) in [6.45, 7) is 1.96. The van der Waals surface area contributed by atoms with Crippen molar-refractivity contribution in [3.05, 3.63) is 56.7 Å². The third kappa shape index (κ3) is 3.57. The van der Waals surface area contributed by atoms with Crippen LogP contribution in [-0.4, -0.2) is 15.8 Å². The minimum Gasteiger partial charge on any atom is -0.444 e. The number of rotatable bonds is 5. The lowest BCUT2D eigenvalue weighted by atomic mass is 10.1. The van der Waals surface area contributed by atoms with Crippen LogP contribution in [0.15, 0.2) is 28.8 Å². The smallest absolute Gasteiger partial charge is 0.282 e. The summed E-state index contributed by atoms with van der Waals surface area (Å²) in [4.78, 5) is 26.3. The van der Waals surface area contributed by atoms with Gasteiger partial charge in [0.15, 0.2) is 0 Å². The fourth-order valence-corrected chi connectivity index (χ4v) is 1.87. The van der Waals surface area contributed by atoms with E-state index in [9.17, 15) is 14.9 Å². The zero-order chi connectivity index (χ0) is 15.4. The van der Waals surface area contributed by atoms with E-state index in [0.29, 0.717) is 18.1 Å². The van der Waals surface area contributed by atoms with Crippen molar-refractivity contribution in [2.75, 3.05) is 0 Å². The number of carbonyl (C=O) groups is 1. The van der Waals surface area contributed by atoms with Gasteiger partial charge in [0.1, 0.15) is 11.3 Å². The van der Waals surface area contributed by atoms with E-state index in [0.717, 1.165) is 0 Å². The van der Waals surface area contributed by atoms with Gasteiger partial charge in [-0.15, -0.1) is 0 Å². The van der Waals surface area contributed by atoms with Gasteiger partial charge in [0, 0.05) is 17.5 Å². The summed E-state index contributed by atoms with van der Waals surface area (Å²) in [6.07, 6.45) is 2.27. The third-order valence-corrected chi connectivity index (χ3v) is 2.99.